The Labute approximate surface area is 118 Å². The first-order valence-corrected chi connectivity index (χ1v) is 7.65. The molecular weight excluding hydrogens is 258 g/mol. The van der Waals surface area contributed by atoms with Crippen LogP contribution >= 0.6 is 11.3 Å². The summed E-state index contributed by atoms with van der Waals surface area (Å²) in [6, 6.07) is 4.27. The zero-order valence-corrected chi connectivity index (χ0v) is 12.2. The highest BCUT2D eigenvalue weighted by Gasteiger charge is 1.98. The summed E-state index contributed by atoms with van der Waals surface area (Å²) in [6.45, 7) is 5.63. The molecule has 0 aliphatic carbocycles. The Bertz CT molecular complexity index is 453. The van der Waals surface area contributed by atoms with Crippen molar-refractivity contribution in [3.05, 3.63) is 34.8 Å². The monoisotopic (exact) mass is 279 g/mol. The van der Waals surface area contributed by atoms with Gasteiger partial charge in [-0.3, -0.25) is 4.68 Å². The summed E-state index contributed by atoms with van der Waals surface area (Å²) in [5.41, 5.74) is 0. The smallest absolute Gasteiger partial charge is 0.157 e. The third-order valence-electron chi connectivity index (χ3n) is 2.74. The summed E-state index contributed by atoms with van der Waals surface area (Å²) in [4.78, 5) is 1.43. The predicted molar refractivity (Wildman–Crippen MR) is 78.9 cm³/mol. The van der Waals surface area contributed by atoms with E-state index in [0.29, 0.717) is 6.61 Å². The number of hydrogen-bond donors (Lipinski definition) is 1. The Kier molecular flexibility index (Phi) is 5.91. The number of thiophene rings is 1. The first-order chi connectivity index (χ1) is 9.38. The van der Waals surface area contributed by atoms with Crippen molar-refractivity contribution in [2.24, 2.45) is 0 Å². The number of nitrogens with one attached hydrogen (secondary N) is 1. The lowest BCUT2D eigenvalue weighted by Gasteiger charge is -2.05. The van der Waals surface area contributed by atoms with Crippen LogP contribution in [0.4, 0.5) is 0 Å². The molecular formula is C14H21N3OS. The fourth-order valence-electron chi connectivity index (χ4n) is 1.80. The molecule has 0 saturated heterocycles. The Hall–Kier alpha value is -1.33. The maximum atomic E-state index is 5.63. The summed E-state index contributed by atoms with van der Waals surface area (Å²) in [5.74, 6) is 0.855. The Balaban J connectivity index is 1.53. The van der Waals surface area contributed by atoms with Crippen molar-refractivity contribution in [3.8, 4) is 5.75 Å². The average Bonchev–Trinajstić information content (AvgIpc) is 3.06. The van der Waals surface area contributed by atoms with Gasteiger partial charge in [-0.05, 0) is 24.3 Å². The molecule has 2 aromatic heterocycles. The van der Waals surface area contributed by atoms with E-state index in [2.05, 4.69) is 34.9 Å². The zero-order chi connectivity index (χ0) is 13.3. The second kappa shape index (κ2) is 7.96. The topological polar surface area (TPSA) is 39.1 Å². The maximum absolute atomic E-state index is 5.63. The van der Waals surface area contributed by atoms with Crippen molar-refractivity contribution in [1.29, 1.82) is 0 Å². The van der Waals surface area contributed by atoms with Crippen LogP contribution in [0.1, 0.15) is 18.2 Å². The minimum absolute atomic E-state index is 0.683. The fraction of sp³-hybridized carbons (Fsp3) is 0.500. The molecule has 19 heavy (non-hydrogen) atoms. The molecule has 4 nitrogen and oxygen atoms in total. The van der Waals surface area contributed by atoms with Crippen LogP contribution in [0.2, 0.25) is 0 Å². The number of rotatable bonds is 9. The normalized spacial score (nSPS) is 10.8. The molecule has 104 valence electrons. The van der Waals surface area contributed by atoms with Crippen LogP contribution in [0.15, 0.2) is 29.9 Å². The lowest BCUT2D eigenvalue weighted by molar-refractivity contribution is 0.314. The molecule has 0 bridgehead atoms. The highest BCUT2D eigenvalue weighted by Crippen LogP contribution is 2.09. The van der Waals surface area contributed by atoms with Crippen molar-refractivity contribution < 1.29 is 4.74 Å². The van der Waals surface area contributed by atoms with E-state index >= 15 is 0 Å². The SMILES string of the molecule is CCCn1cc(OCCNCCc2cccs2)cn1. The van der Waals surface area contributed by atoms with Gasteiger partial charge in [0, 0.05) is 24.5 Å². The van der Waals surface area contributed by atoms with Crippen LogP contribution < -0.4 is 10.1 Å². The van der Waals surface area contributed by atoms with Crippen LogP contribution in [0.3, 0.4) is 0 Å². The van der Waals surface area contributed by atoms with E-state index in [1.165, 1.54) is 4.88 Å². The Morgan fingerprint density at radius 2 is 2.37 bits per heavy atom. The molecule has 0 fully saturated rings. The first kappa shape index (κ1) is 14.1. The highest BCUT2D eigenvalue weighted by molar-refractivity contribution is 7.09. The van der Waals surface area contributed by atoms with Gasteiger partial charge in [0.05, 0.1) is 12.4 Å². The number of nitrogens with zero attached hydrogens (tertiary/aromatic N) is 2. The number of aromatic nitrogens is 2. The summed E-state index contributed by atoms with van der Waals surface area (Å²) in [7, 11) is 0. The number of ether oxygens (including phenoxy) is 1. The number of aryl methyl sites for hydroxylation is 1. The molecule has 0 aliphatic rings. The van der Waals surface area contributed by atoms with Gasteiger partial charge in [-0.2, -0.15) is 5.10 Å². The van der Waals surface area contributed by atoms with Gasteiger partial charge >= 0.3 is 0 Å². The van der Waals surface area contributed by atoms with Crippen LogP contribution in [0.5, 0.6) is 5.75 Å². The van der Waals surface area contributed by atoms with Gasteiger partial charge in [-0.1, -0.05) is 13.0 Å². The summed E-state index contributed by atoms with van der Waals surface area (Å²) < 4.78 is 7.54. The molecule has 2 rings (SSSR count). The fourth-order valence-corrected chi connectivity index (χ4v) is 2.51. The molecule has 0 aliphatic heterocycles. The van der Waals surface area contributed by atoms with Crippen molar-refractivity contribution in [2.75, 3.05) is 19.7 Å². The van der Waals surface area contributed by atoms with E-state index in [9.17, 15) is 0 Å². The van der Waals surface area contributed by atoms with Crippen LogP contribution in [0, 0.1) is 0 Å². The minimum Gasteiger partial charge on any atom is -0.489 e. The van der Waals surface area contributed by atoms with Gasteiger partial charge in [0.25, 0.3) is 0 Å². The molecule has 0 saturated carbocycles. The molecule has 1 N–H and O–H groups in total. The van der Waals surface area contributed by atoms with Crippen LogP contribution in [-0.4, -0.2) is 29.5 Å². The van der Waals surface area contributed by atoms with Gasteiger partial charge in [0.15, 0.2) is 5.75 Å². The van der Waals surface area contributed by atoms with Gasteiger partial charge in [0.1, 0.15) is 6.61 Å². The first-order valence-electron chi connectivity index (χ1n) is 6.77. The lowest BCUT2D eigenvalue weighted by Crippen LogP contribution is -2.23. The molecule has 5 heteroatoms. The van der Waals surface area contributed by atoms with E-state index in [1.807, 2.05) is 22.2 Å². The van der Waals surface area contributed by atoms with E-state index in [1.54, 1.807) is 6.20 Å². The molecule has 0 spiro atoms. The highest BCUT2D eigenvalue weighted by atomic mass is 32.1. The lowest BCUT2D eigenvalue weighted by atomic mass is 10.3. The molecule has 0 unspecified atom stereocenters. The standard InChI is InChI=1S/C14H21N3OS/c1-2-8-17-12-13(11-16-17)18-9-7-15-6-5-14-4-3-10-19-14/h3-4,10-12,15H,2,5-9H2,1H3. The Morgan fingerprint density at radius 3 is 3.16 bits per heavy atom. The quantitative estimate of drug-likeness (QED) is 0.717. The van der Waals surface area contributed by atoms with Gasteiger partial charge in [0.2, 0.25) is 0 Å². The van der Waals surface area contributed by atoms with Crippen LogP contribution in [-0.2, 0) is 13.0 Å². The molecule has 0 amide bonds. The Morgan fingerprint density at radius 1 is 1.42 bits per heavy atom. The molecule has 2 heterocycles. The van der Waals surface area contributed by atoms with Crippen LogP contribution in [0.25, 0.3) is 0 Å². The number of hydrogen-bond acceptors (Lipinski definition) is 4. The zero-order valence-electron chi connectivity index (χ0n) is 11.3. The van der Waals surface area contributed by atoms with Gasteiger partial charge in [-0.25, -0.2) is 0 Å². The largest absolute Gasteiger partial charge is 0.489 e. The van der Waals surface area contributed by atoms with Crippen molar-refractivity contribution in [1.82, 2.24) is 15.1 Å². The van der Waals surface area contributed by atoms with Gasteiger partial charge in [-0.15, -0.1) is 11.3 Å². The third kappa shape index (κ3) is 5.04. The molecule has 2 aromatic rings. The minimum atomic E-state index is 0.683. The molecule has 0 aromatic carbocycles. The third-order valence-corrected chi connectivity index (χ3v) is 3.67. The van der Waals surface area contributed by atoms with E-state index in [4.69, 9.17) is 4.74 Å². The maximum Gasteiger partial charge on any atom is 0.157 e. The van der Waals surface area contributed by atoms with E-state index in [-0.39, 0.29) is 0 Å². The average molecular weight is 279 g/mol. The second-order valence-electron chi connectivity index (χ2n) is 4.37. The second-order valence-corrected chi connectivity index (χ2v) is 5.40. The summed E-state index contributed by atoms with van der Waals surface area (Å²) in [5, 5.41) is 9.73. The van der Waals surface area contributed by atoms with Crippen molar-refractivity contribution >= 4 is 11.3 Å². The van der Waals surface area contributed by atoms with E-state index < -0.39 is 0 Å². The van der Waals surface area contributed by atoms with E-state index in [0.717, 1.165) is 38.2 Å². The van der Waals surface area contributed by atoms with Crippen molar-refractivity contribution in [2.45, 2.75) is 26.3 Å². The predicted octanol–water partition coefficient (Wildman–Crippen LogP) is 2.57. The molecule has 0 atom stereocenters. The summed E-state index contributed by atoms with van der Waals surface area (Å²) >= 11 is 1.81. The molecule has 0 radical (unpaired) electrons. The summed E-state index contributed by atoms with van der Waals surface area (Å²) in [6.07, 6.45) is 5.91. The van der Waals surface area contributed by atoms with Gasteiger partial charge < -0.3 is 10.1 Å². The van der Waals surface area contributed by atoms with Crippen molar-refractivity contribution in [3.63, 3.8) is 0 Å².